The molecule has 0 radical (unpaired) electrons. The molecule has 5 rings (SSSR count). The molecule has 3 heterocycles. The highest BCUT2D eigenvalue weighted by Crippen LogP contribution is 2.40. The summed E-state index contributed by atoms with van der Waals surface area (Å²) in [6.07, 6.45) is 1.79. The first-order chi connectivity index (χ1) is 13.5. The normalized spacial score (nSPS) is 15.1. The van der Waals surface area contributed by atoms with Gasteiger partial charge in [0.05, 0.1) is 34.0 Å². The number of hydrogen-bond acceptors (Lipinski definition) is 4. The number of anilines is 1. The predicted molar refractivity (Wildman–Crippen MR) is 107 cm³/mol. The third kappa shape index (κ3) is 2.10. The van der Waals surface area contributed by atoms with Crippen LogP contribution in [0.15, 0.2) is 64.3 Å². The van der Waals surface area contributed by atoms with Gasteiger partial charge in [-0.1, -0.05) is 24.3 Å². The van der Waals surface area contributed by atoms with Gasteiger partial charge in [0.1, 0.15) is 5.75 Å². The molecule has 0 bridgehead atoms. The van der Waals surface area contributed by atoms with Crippen LogP contribution in [-0.4, -0.2) is 18.8 Å². The molecule has 0 saturated carbocycles. The SMILES string of the molecule is Cn1c(=O)c2cn3c(c2n(C)c1=O)C(c1cccc(O)c1)Nc1ccccc1-3. The van der Waals surface area contributed by atoms with E-state index in [4.69, 9.17) is 0 Å². The number of phenols is 1. The van der Waals surface area contributed by atoms with E-state index in [1.807, 2.05) is 34.9 Å². The van der Waals surface area contributed by atoms with Gasteiger partial charge in [0.25, 0.3) is 5.56 Å². The van der Waals surface area contributed by atoms with Crippen molar-refractivity contribution in [3.05, 3.63) is 86.8 Å². The maximum absolute atomic E-state index is 12.8. The topological polar surface area (TPSA) is 81.2 Å². The van der Waals surface area contributed by atoms with Gasteiger partial charge in [0, 0.05) is 20.3 Å². The number of aromatic nitrogens is 3. The van der Waals surface area contributed by atoms with Gasteiger partial charge in [0.2, 0.25) is 0 Å². The minimum Gasteiger partial charge on any atom is -0.508 e. The fourth-order valence-corrected chi connectivity index (χ4v) is 4.06. The van der Waals surface area contributed by atoms with Gasteiger partial charge in [-0.05, 0) is 29.8 Å². The molecule has 7 nitrogen and oxygen atoms in total. The zero-order valence-corrected chi connectivity index (χ0v) is 15.4. The summed E-state index contributed by atoms with van der Waals surface area (Å²) in [4.78, 5) is 25.4. The Hall–Kier alpha value is -3.74. The Bertz CT molecular complexity index is 1380. The van der Waals surface area contributed by atoms with E-state index < -0.39 is 0 Å². The summed E-state index contributed by atoms with van der Waals surface area (Å²) >= 11 is 0. The summed E-state index contributed by atoms with van der Waals surface area (Å²) in [5, 5.41) is 14.0. The van der Waals surface area contributed by atoms with Gasteiger partial charge >= 0.3 is 5.69 Å². The summed E-state index contributed by atoms with van der Waals surface area (Å²) in [5.74, 6) is 0.158. The number of nitrogens with one attached hydrogen (secondary N) is 1. The minimum atomic E-state index is -0.375. The second kappa shape index (κ2) is 5.63. The Labute approximate surface area is 159 Å². The molecule has 1 aliphatic heterocycles. The van der Waals surface area contributed by atoms with Crippen LogP contribution < -0.4 is 16.6 Å². The summed E-state index contributed by atoms with van der Waals surface area (Å²) in [6.45, 7) is 0. The van der Waals surface area contributed by atoms with Crippen LogP contribution in [0.5, 0.6) is 5.75 Å². The van der Waals surface area contributed by atoms with Crippen molar-refractivity contribution in [1.82, 2.24) is 13.7 Å². The molecule has 1 aliphatic rings. The lowest BCUT2D eigenvalue weighted by atomic mass is 9.99. The van der Waals surface area contributed by atoms with E-state index in [1.165, 1.54) is 11.6 Å². The van der Waals surface area contributed by atoms with Gasteiger partial charge in [0.15, 0.2) is 0 Å². The first-order valence-corrected chi connectivity index (χ1v) is 8.93. The molecule has 4 aromatic rings. The highest BCUT2D eigenvalue weighted by atomic mass is 16.3. The Kier molecular flexibility index (Phi) is 3.30. The zero-order chi connectivity index (χ0) is 19.6. The van der Waals surface area contributed by atoms with Crippen LogP contribution in [0.4, 0.5) is 5.69 Å². The third-order valence-corrected chi connectivity index (χ3v) is 5.40. The predicted octanol–water partition coefficient (Wildman–Crippen LogP) is 2.25. The van der Waals surface area contributed by atoms with Crippen molar-refractivity contribution < 1.29 is 5.11 Å². The second-order valence-corrected chi connectivity index (χ2v) is 7.04. The fraction of sp³-hybridized carbons (Fsp3) is 0.143. The van der Waals surface area contributed by atoms with E-state index in [9.17, 15) is 14.7 Å². The molecule has 140 valence electrons. The monoisotopic (exact) mass is 374 g/mol. The highest BCUT2D eigenvalue weighted by molar-refractivity contribution is 5.86. The van der Waals surface area contributed by atoms with Crippen molar-refractivity contribution >= 4 is 16.6 Å². The average molecular weight is 374 g/mol. The van der Waals surface area contributed by atoms with Crippen LogP contribution in [0, 0.1) is 0 Å². The smallest absolute Gasteiger partial charge is 0.331 e. The van der Waals surface area contributed by atoms with Crippen LogP contribution >= 0.6 is 0 Å². The number of aryl methyl sites for hydroxylation is 1. The van der Waals surface area contributed by atoms with Gasteiger partial charge in [-0.25, -0.2) is 4.79 Å². The van der Waals surface area contributed by atoms with Crippen molar-refractivity contribution in [3.8, 4) is 11.4 Å². The number of phenolic OH excluding ortho intramolecular Hbond substituents is 1. The molecule has 2 aromatic carbocycles. The number of hydrogen-bond donors (Lipinski definition) is 2. The van der Waals surface area contributed by atoms with Crippen LogP contribution in [0.1, 0.15) is 17.3 Å². The number of rotatable bonds is 1. The van der Waals surface area contributed by atoms with Crippen LogP contribution in [0.3, 0.4) is 0 Å². The Morgan fingerprint density at radius 2 is 1.79 bits per heavy atom. The first-order valence-electron chi connectivity index (χ1n) is 8.93. The molecule has 2 N–H and O–H groups in total. The van der Waals surface area contributed by atoms with E-state index in [0.29, 0.717) is 10.9 Å². The maximum atomic E-state index is 12.8. The summed E-state index contributed by atoms with van der Waals surface area (Å²) in [7, 11) is 3.16. The molecular weight excluding hydrogens is 356 g/mol. The van der Waals surface area contributed by atoms with E-state index in [-0.39, 0.29) is 23.0 Å². The molecule has 2 aromatic heterocycles. The summed E-state index contributed by atoms with van der Waals surface area (Å²) in [6, 6.07) is 14.5. The number of para-hydroxylation sites is 2. The average Bonchev–Trinajstić information content (AvgIpc) is 3.11. The molecule has 0 amide bonds. The summed E-state index contributed by atoms with van der Waals surface area (Å²) in [5.41, 5.74) is 3.32. The van der Waals surface area contributed by atoms with Crippen LogP contribution in [0.2, 0.25) is 0 Å². The van der Waals surface area contributed by atoms with E-state index in [1.54, 1.807) is 31.4 Å². The first kappa shape index (κ1) is 16.4. The Morgan fingerprint density at radius 1 is 1.00 bits per heavy atom. The van der Waals surface area contributed by atoms with Crippen molar-refractivity contribution in [2.45, 2.75) is 6.04 Å². The molecule has 1 unspecified atom stereocenters. The van der Waals surface area contributed by atoms with Crippen molar-refractivity contribution in [3.63, 3.8) is 0 Å². The van der Waals surface area contributed by atoms with Crippen molar-refractivity contribution in [2.24, 2.45) is 14.1 Å². The molecular formula is C21H18N4O3. The van der Waals surface area contributed by atoms with Crippen LogP contribution in [-0.2, 0) is 14.1 Å². The molecule has 28 heavy (non-hydrogen) atoms. The van der Waals surface area contributed by atoms with E-state index in [0.717, 1.165) is 27.2 Å². The van der Waals surface area contributed by atoms with Crippen molar-refractivity contribution in [1.29, 1.82) is 0 Å². The molecule has 1 atom stereocenters. The van der Waals surface area contributed by atoms with Crippen LogP contribution in [0.25, 0.3) is 16.6 Å². The van der Waals surface area contributed by atoms with Gasteiger partial charge in [-0.3, -0.25) is 13.9 Å². The minimum absolute atomic E-state index is 0.158. The molecule has 0 spiro atoms. The lowest BCUT2D eigenvalue weighted by molar-refractivity contribution is 0.474. The Morgan fingerprint density at radius 3 is 2.57 bits per heavy atom. The lowest BCUT2D eigenvalue weighted by Gasteiger charge is -2.30. The van der Waals surface area contributed by atoms with Crippen molar-refractivity contribution in [2.75, 3.05) is 5.32 Å². The fourth-order valence-electron chi connectivity index (χ4n) is 4.06. The zero-order valence-electron chi connectivity index (χ0n) is 15.4. The third-order valence-electron chi connectivity index (χ3n) is 5.40. The van der Waals surface area contributed by atoms with Gasteiger partial charge in [-0.2, -0.15) is 0 Å². The highest BCUT2D eigenvalue weighted by Gasteiger charge is 2.30. The Balaban J connectivity index is 1.95. The lowest BCUT2D eigenvalue weighted by Crippen LogP contribution is -2.37. The maximum Gasteiger partial charge on any atom is 0.331 e. The molecule has 0 saturated heterocycles. The van der Waals surface area contributed by atoms with E-state index in [2.05, 4.69) is 5.32 Å². The molecule has 7 heteroatoms. The standard InChI is InChI=1S/C21H18N4O3/c1-23-18-14(20(27)24(2)21(23)28)11-25-16-9-4-3-8-15(16)22-17(19(18)25)12-6-5-7-13(26)10-12/h3-11,17,22,26H,1-2H3. The van der Waals surface area contributed by atoms with Gasteiger partial charge in [-0.15, -0.1) is 0 Å². The number of nitrogens with zero attached hydrogens (tertiary/aromatic N) is 3. The number of benzene rings is 2. The molecule has 0 aliphatic carbocycles. The summed E-state index contributed by atoms with van der Waals surface area (Å²) < 4.78 is 4.59. The van der Waals surface area contributed by atoms with Gasteiger partial charge < -0.3 is 15.0 Å². The quantitative estimate of drug-likeness (QED) is 0.535. The number of aromatic hydroxyl groups is 1. The second-order valence-electron chi connectivity index (χ2n) is 7.04. The largest absolute Gasteiger partial charge is 0.508 e. The van der Waals surface area contributed by atoms with E-state index >= 15 is 0 Å². The molecule has 0 fully saturated rings. The number of fused-ring (bicyclic) bond motifs is 5.